The number of aliphatic hydroxyl groups excluding tert-OH is 1. The number of ether oxygens (including phenoxy) is 1. The van der Waals surface area contributed by atoms with Gasteiger partial charge in [-0.2, -0.15) is 0 Å². The van der Waals surface area contributed by atoms with E-state index in [1.54, 1.807) is 6.07 Å². The van der Waals surface area contributed by atoms with Gasteiger partial charge in [-0.15, -0.1) is 0 Å². The van der Waals surface area contributed by atoms with Gasteiger partial charge in [0.15, 0.2) is 0 Å². The molecule has 4 N–H and O–H groups in total. The maximum atomic E-state index is 11.6. The molecule has 1 atom stereocenters. The van der Waals surface area contributed by atoms with Gasteiger partial charge in [-0.05, 0) is 31.0 Å². The molecule has 0 spiro atoms. The molecular formula is C14H22N2O3. The van der Waals surface area contributed by atoms with Gasteiger partial charge in [0, 0.05) is 17.9 Å². The van der Waals surface area contributed by atoms with Gasteiger partial charge in [0.1, 0.15) is 0 Å². The first kappa shape index (κ1) is 15.3. The van der Waals surface area contributed by atoms with E-state index in [0.29, 0.717) is 17.8 Å². The quantitative estimate of drug-likeness (QED) is 0.541. The van der Waals surface area contributed by atoms with Crippen molar-refractivity contribution in [2.45, 2.75) is 32.8 Å². The lowest BCUT2D eigenvalue weighted by Gasteiger charge is -2.14. The van der Waals surface area contributed by atoms with Crippen LogP contribution >= 0.6 is 0 Å². The molecule has 5 nitrogen and oxygen atoms in total. The number of hydrogen-bond acceptors (Lipinski definition) is 5. The zero-order valence-electron chi connectivity index (χ0n) is 11.7. The predicted octanol–water partition coefficient (Wildman–Crippen LogP) is 1.94. The molecule has 1 unspecified atom stereocenters. The Kier molecular flexibility index (Phi) is 5.63. The molecule has 0 amide bonds. The van der Waals surface area contributed by atoms with Crippen LogP contribution in [0.15, 0.2) is 12.1 Å². The summed E-state index contributed by atoms with van der Waals surface area (Å²) >= 11 is 0. The summed E-state index contributed by atoms with van der Waals surface area (Å²) in [6.45, 7) is 4.29. The molecule has 0 radical (unpaired) electrons. The molecule has 1 rings (SSSR count). The van der Waals surface area contributed by atoms with Gasteiger partial charge in [0.2, 0.25) is 0 Å². The minimum atomic E-state index is -0.460. The number of esters is 1. The molecule has 0 saturated carbocycles. The van der Waals surface area contributed by atoms with Gasteiger partial charge in [0.25, 0.3) is 0 Å². The molecule has 1 aromatic rings. The monoisotopic (exact) mass is 266 g/mol. The lowest BCUT2D eigenvalue weighted by Crippen LogP contribution is -2.19. The largest absolute Gasteiger partial charge is 0.465 e. The number of nitrogens with two attached hydrogens (primary N) is 1. The fourth-order valence-electron chi connectivity index (χ4n) is 1.85. The molecule has 5 heteroatoms. The Morgan fingerprint density at radius 3 is 2.79 bits per heavy atom. The van der Waals surface area contributed by atoms with Crippen LogP contribution in [0.1, 0.15) is 35.7 Å². The molecule has 106 valence electrons. The smallest absolute Gasteiger partial charge is 0.340 e. The number of benzene rings is 1. The number of carbonyl (C=O) groups excluding carboxylic acids is 1. The van der Waals surface area contributed by atoms with Crippen molar-refractivity contribution in [3.63, 3.8) is 0 Å². The van der Waals surface area contributed by atoms with Crippen molar-refractivity contribution in [1.82, 2.24) is 0 Å². The highest BCUT2D eigenvalue weighted by Crippen LogP contribution is 2.23. The molecule has 0 aliphatic heterocycles. The van der Waals surface area contributed by atoms with Gasteiger partial charge >= 0.3 is 5.97 Å². The number of aliphatic hydroxyl groups is 1. The highest BCUT2D eigenvalue weighted by molar-refractivity contribution is 5.97. The molecule has 0 bridgehead atoms. The van der Waals surface area contributed by atoms with Crippen molar-refractivity contribution in [3.8, 4) is 0 Å². The van der Waals surface area contributed by atoms with Crippen molar-refractivity contribution in [3.05, 3.63) is 23.3 Å². The standard InChI is InChI=1S/C14H22N2O3/c1-4-5-11(17)8-16-10-6-9(2)13(15)12(7-10)14(18)19-3/h6-7,11,16-17H,4-5,8,15H2,1-3H3. The van der Waals surface area contributed by atoms with Crippen LogP contribution in [-0.2, 0) is 4.74 Å². The second kappa shape index (κ2) is 6.99. The Morgan fingerprint density at radius 1 is 1.53 bits per heavy atom. The number of hydrogen-bond donors (Lipinski definition) is 3. The third-order valence-electron chi connectivity index (χ3n) is 2.96. The molecule has 0 aliphatic carbocycles. The summed E-state index contributed by atoms with van der Waals surface area (Å²) in [6, 6.07) is 3.49. The Hall–Kier alpha value is -1.75. The van der Waals surface area contributed by atoms with Crippen molar-refractivity contribution in [2.24, 2.45) is 0 Å². The molecule has 1 aromatic carbocycles. The molecule has 0 fully saturated rings. The summed E-state index contributed by atoms with van der Waals surface area (Å²) in [4.78, 5) is 11.6. The van der Waals surface area contributed by atoms with Crippen molar-refractivity contribution in [1.29, 1.82) is 0 Å². The van der Waals surface area contributed by atoms with E-state index in [0.717, 1.165) is 24.1 Å². The SMILES string of the molecule is CCCC(O)CNc1cc(C)c(N)c(C(=O)OC)c1. The summed E-state index contributed by atoms with van der Waals surface area (Å²) in [6.07, 6.45) is 1.27. The first-order chi connectivity index (χ1) is 8.99. The van der Waals surface area contributed by atoms with Gasteiger partial charge in [-0.25, -0.2) is 4.79 Å². The van der Waals surface area contributed by atoms with Crippen LogP contribution in [0.3, 0.4) is 0 Å². The minimum Gasteiger partial charge on any atom is -0.465 e. The number of nitrogens with one attached hydrogen (secondary N) is 1. The molecule has 0 saturated heterocycles. The van der Waals surface area contributed by atoms with Crippen molar-refractivity contribution >= 4 is 17.3 Å². The number of carbonyl (C=O) groups is 1. The number of methoxy groups -OCH3 is 1. The summed E-state index contributed by atoms with van der Waals surface area (Å²) in [7, 11) is 1.32. The van der Waals surface area contributed by atoms with Gasteiger partial charge in [0.05, 0.1) is 18.8 Å². The third-order valence-corrected chi connectivity index (χ3v) is 2.96. The Bertz CT molecular complexity index is 447. The molecule has 0 aliphatic rings. The fraction of sp³-hybridized carbons (Fsp3) is 0.500. The summed E-state index contributed by atoms with van der Waals surface area (Å²) in [5.41, 5.74) is 8.17. The van der Waals surface area contributed by atoms with Gasteiger partial charge < -0.3 is 20.9 Å². The van der Waals surface area contributed by atoms with E-state index in [1.165, 1.54) is 7.11 Å². The van der Waals surface area contributed by atoms with Gasteiger partial charge in [-0.3, -0.25) is 0 Å². The Morgan fingerprint density at radius 2 is 2.21 bits per heavy atom. The molecule has 0 heterocycles. The zero-order valence-corrected chi connectivity index (χ0v) is 11.7. The number of rotatable bonds is 6. The van der Waals surface area contributed by atoms with Crippen LogP contribution in [0.25, 0.3) is 0 Å². The van der Waals surface area contributed by atoms with E-state index in [-0.39, 0.29) is 0 Å². The van der Waals surface area contributed by atoms with Crippen LogP contribution < -0.4 is 11.1 Å². The van der Waals surface area contributed by atoms with Crippen LogP contribution in [0.2, 0.25) is 0 Å². The molecule has 0 aromatic heterocycles. The lowest BCUT2D eigenvalue weighted by molar-refractivity contribution is 0.0602. The van der Waals surface area contributed by atoms with E-state index >= 15 is 0 Å². The summed E-state index contributed by atoms with van der Waals surface area (Å²) in [5.74, 6) is -0.460. The Balaban J connectivity index is 2.85. The lowest BCUT2D eigenvalue weighted by atomic mass is 10.1. The van der Waals surface area contributed by atoms with Gasteiger partial charge in [-0.1, -0.05) is 13.3 Å². The third kappa shape index (κ3) is 4.13. The highest BCUT2D eigenvalue weighted by atomic mass is 16.5. The predicted molar refractivity (Wildman–Crippen MR) is 76.3 cm³/mol. The van der Waals surface area contributed by atoms with E-state index in [4.69, 9.17) is 10.5 Å². The maximum Gasteiger partial charge on any atom is 0.340 e. The maximum absolute atomic E-state index is 11.6. The average molecular weight is 266 g/mol. The topological polar surface area (TPSA) is 84.6 Å². The van der Waals surface area contributed by atoms with Crippen molar-refractivity contribution in [2.75, 3.05) is 24.7 Å². The molecule has 19 heavy (non-hydrogen) atoms. The van der Waals surface area contributed by atoms with Crippen molar-refractivity contribution < 1.29 is 14.6 Å². The first-order valence-electron chi connectivity index (χ1n) is 6.40. The summed E-state index contributed by atoms with van der Waals surface area (Å²) < 4.78 is 4.70. The zero-order chi connectivity index (χ0) is 14.4. The Labute approximate surface area is 113 Å². The highest BCUT2D eigenvalue weighted by Gasteiger charge is 2.13. The van der Waals surface area contributed by atoms with E-state index in [9.17, 15) is 9.90 Å². The number of nitrogen functional groups attached to an aromatic ring is 1. The number of aryl methyl sites for hydroxylation is 1. The van der Waals surface area contributed by atoms with E-state index in [1.807, 2.05) is 19.9 Å². The first-order valence-corrected chi connectivity index (χ1v) is 6.40. The number of anilines is 2. The second-order valence-electron chi connectivity index (χ2n) is 4.57. The summed E-state index contributed by atoms with van der Waals surface area (Å²) in [5, 5.41) is 12.8. The van der Waals surface area contributed by atoms with Crippen LogP contribution in [0, 0.1) is 6.92 Å². The normalized spacial score (nSPS) is 12.0. The van der Waals surface area contributed by atoms with E-state index < -0.39 is 12.1 Å². The van der Waals surface area contributed by atoms with Crippen LogP contribution in [0.5, 0.6) is 0 Å². The molecular weight excluding hydrogens is 244 g/mol. The fourth-order valence-corrected chi connectivity index (χ4v) is 1.85. The van der Waals surface area contributed by atoms with E-state index in [2.05, 4.69) is 5.32 Å². The van der Waals surface area contributed by atoms with Crippen LogP contribution in [0.4, 0.5) is 11.4 Å². The average Bonchev–Trinajstić information content (AvgIpc) is 2.39. The minimum absolute atomic E-state index is 0.343. The second-order valence-corrected chi connectivity index (χ2v) is 4.57. The van der Waals surface area contributed by atoms with Crippen LogP contribution in [-0.4, -0.2) is 30.8 Å².